The molecular weight excluding hydrogens is 1190 g/mol. The van der Waals surface area contributed by atoms with Crippen molar-refractivity contribution in [2.24, 2.45) is 0 Å². The molecule has 2 N–H and O–H groups in total. The molecule has 0 bridgehead atoms. The van der Waals surface area contributed by atoms with E-state index in [0.717, 1.165) is 59.2 Å². The maximum Gasteiger partial charge on any atom is 0.0708 e. The van der Waals surface area contributed by atoms with Crippen molar-refractivity contribution >= 4 is 0 Å². The fourth-order valence-electron chi connectivity index (χ4n) is 6.16. The summed E-state index contributed by atoms with van der Waals surface area (Å²) in [4.78, 5) is 17.1. The van der Waals surface area contributed by atoms with E-state index >= 15 is 0 Å². The smallest absolute Gasteiger partial charge is 0.0708 e. The number of aliphatic hydroxyl groups excluding tert-OH is 2. The quantitative estimate of drug-likeness (QED) is 0.161. The second-order valence-corrected chi connectivity index (χ2v) is 13.7. The summed E-state index contributed by atoms with van der Waals surface area (Å²) in [5.41, 5.74) is 12.6. The Kier molecular flexibility index (Phi) is 21.7. The average Bonchev–Trinajstić information content (AvgIpc) is 3.46. The molecular formula is C60H53Ir2N4O2-3. The number of hydrogen-bond donors (Lipinski definition) is 2. The molecule has 10 rings (SSSR count). The van der Waals surface area contributed by atoms with Crippen LogP contribution in [0.4, 0.5) is 0 Å². The second-order valence-electron chi connectivity index (χ2n) is 13.7. The van der Waals surface area contributed by atoms with E-state index in [9.17, 15) is 0 Å². The van der Waals surface area contributed by atoms with Crippen molar-refractivity contribution in [3.63, 3.8) is 0 Å². The van der Waals surface area contributed by atoms with Gasteiger partial charge in [-0.1, -0.05) is 121 Å². The molecule has 0 unspecified atom stereocenters. The van der Waals surface area contributed by atoms with Crippen molar-refractivity contribution in [2.45, 2.75) is 13.7 Å². The Morgan fingerprint density at radius 1 is 0.338 bits per heavy atom. The molecule has 4 heterocycles. The second kappa shape index (κ2) is 31.9. The van der Waals surface area contributed by atoms with Gasteiger partial charge in [0.05, 0.1) is 5.69 Å². The molecule has 8 heteroatoms. The molecule has 68 heavy (non-hydrogen) atoms. The van der Waals surface area contributed by atoms with Gasteiger partial charge in [-0.25, -0.2) is 0 Å². The zero-order valence-corrected chi connectivity index (χ0v) is 42.2. The van der Waals surface area contributed by atoms with Crippen LogP contribution in [-0.2, 0) is 40.2 Å². The minimum absolute atomic E-state index is 0. The van der Waals surface area contributed by atoms with Gasteiger partial charge in [0.1, 0.15) is 0 Å². The Hall–Kier alpha value is -6.86. The standard InChI is InChI=1S/C17H13N.C17H12N.2C12H10N.2CH4O.2Ir/c2*1-3-7-14(8-4-1)16-11-12-18-17(13-16)15-9-5-2-6-10-15;2*1-10-7-8-12(13-9-10)11-5-3-2-4-6-11;2*1-2;;/h1-13H;1-9,11-13H;2*2-5,7-9H,1H3;2*2H,1H3;;/q;3*-1;;;;/i;;2*1D3;;;;. The van der Waals surface area contributed by atoms with Crippen LogP contribution >= 0.6 is 0 Å². The van der Waals surface area contributed by atoms with E-state index in [2.05, 4.69) is 98.8 Å². The van der Waals surface area contributed by atoms with Crippen LogP contribution in [0, 0.1) is 31.9 Å². The molecule has 0 aliphatic rings. The summed E-state index contributed by atoms with van der Waals surface area (Å²) in [5.74, 6) is 0. The van der Waals surface area contributed by atoms with Gasteiger partial charge >= 0.3 is 0 Å². The molecule has 0 aliphatic carbocycles. The van der Waals surface area contributed by atoms with Gasteiger partial charge < -0.3 is 25.2 Å². The third kappa shape index (κ3) is 18.1. The van der Waals surface area contributed by atoms with Crippen LogP contribution in [0.3, 0.4) is 0 Å². The van der Waals surface area contributed by atoms with Gasteiger partial charge in [-0.05, 0) is 82.4 Å². The van der Waals surface area contributed by atoms with Gasteiger partial charge in [-0.3, -0.25) is 4.98 Å². The number of nitrogens with zero attached hydrogens (tertiary/aromatic N) is 4. The van der Waals surface area contributed by atoms with Gasteiger partial charge in [-0.2, -0.15) is 0 Å². The topological polar surface area (TPSA) is 92.0 Å². The van der Waals surface area contributed by atoms with E-state index in [1.165, 1.54) is 34.6 Å². The van der Waals surface area contributed by atoms with E-state index in [0.29, 0.717) is 0 Å². The van der Waals surface area contributed by atoms with E-state index in [-0.39, 0.29) is 51.3 Å². The van der Waals surface area contributed by atoms with Gasteiger partial charge in [0.25, 0.3) is 0 Å². The van der Waals surface area contributed by atoms with Crippen LogP contribution in [-0.4, -0.2) is 44.4 Å². The van der Waals surface area contributed by atoms with E-state index < -0.39 is 13.7 Å². The number of rotatable bonds is 6. The SMILES string of the molecule is CO.CO.[2H]C([2H])([2H])c1ccc(-c2[c-]cccc2)nc1.[2H]C([2H])([2H])c1ccc(-c2[c-]cccc2)nc1.[Ir].[Ir].[c-]1ccccc1-c1cc(-c2ccccc2)ccn1.c1ccc(-c2ccnc(-c3ccccc3)c2)cc1. The Morgan fingerprint density at radius 3 is 1.04 bits per heavy atom. The summed E-state index contributed by atoms with van der Waals surface area (Å²) in [6.45, 7) is -4.18. The predicted octanol–water partition coefficient (Wildman–Crippen LogP) is 13.6. The summed E-state index contributed by atoms with van der Waals surface area (Å²) in [6.07, 6.45) is 6.50. The zero-order valence-electron chi connectivity index (χ0n) is 43.4. The Morgan fingerprint density at radius 2 is 0.691 bits per heavy atom. The Balaban J connectivity index is 0.000000252. The summed E-state index contributed by atoms with van der Waals surface area (Å²) in [5, 5.41) is 14.0. The molecule has 10 aromatic rings. The summed E-state index contributed by atoms with van der Waals surface area (Å²) >= 11 is 0. The predicted molar refractivity (Wildman–Crippen MR) is 272 cm³/mol. The van der Waals surface area contributed by atoms with Gasteiger partial charge in [-0.15, -0.1) is 108 Å². The molecule has 0 atom stereocenters. The molecule has 0 saturated carbocycles. The number of pyridine rings is 4. The number of aliphatic hydroxyl groups is 2. The fourth-order valence-corrected chi connectivity index (χ4v) is 6.16. The van der Waals surface area contributed by atoms with Crippen molar-refractivity contribution in [2.75, 3.05) is 14.2 Å². The van der Waals surface area contributed by atoms with Crippen LogP contribution in [0.25, 0.3) is 67.3 Å². The Labute approximate surface area is 437 Å². The molecule has 6 nitrogen and oxygen atoms in total. The first kappa shape index (κ1) is 46.3. The summed E-state index contributed by atoms with van der Waals surface area (Å²) in [7, 11) is 2.00. The van der Waals surface area contributed by atoms with Gasteiger partial charge in [0, 0.05) is 93.0 Å². The molecule has 0 spiro atoms. The minimum Gasteiger partial charge on any atom is -0.400 e. The number of benzene rings is 6. The van der Waals surface area contributed by atoms with Crippen LogP contribution in [0.2, 0.25) is 0 Å². The van der Waals surface area contributed by atoms with E-state index in [1.54, 1.807) is 36.4 Å². The van der Waals surface area contributed by atoms with Crippen molar-refractivity contribution in [1.29, 1.82) is 0 Å². The van der Waals surface area contributed by atoms with E-state index in [1.807, 2.05) is 128 Å². The van der Waals surface area contributed by atoms with Crippen molar-refractivity contribution in [3.8, 4) is 67.3 Å². The average molecular weight is 1250 g/mol. The molecule has 0 amide bonds. The Bertz CT molecular complexity index is 2730. The number of hydrogen-bond acceptors (Lipinski definition) is 6. The summed E-state index contributed by atoms with van der Waals surface area (Å²) < 4.78 is 43.4. The van der Waals surface area contributed by atoms with Crippen LogP contribution < -0.4 is 0 Å². The molecule has 0 fully saturated rings. The van der Waals surface area contributed by atoms with Crippen LogP contribution in [0.1, 0.15) is 19.4 Å². The molecule has 0 aliphatic heterocycles. The molecule has 346 valence electrons. The monoisotopic (exact) mass is 1250 g/mol. The van der Waals surface area contributed by atoms with E-state index in [4.69, 9.17) is 18.4 Å². The summed E-state index contributed by atoms with van der Waals surface area (Å²) in [6, 6.07) is 77.9. The largest absolute Gasteiger partial charge is 0.400 e. The maximum absolute atomic E-state index is 7.23. The molecule has 2 radical (unpaired) electrons. The first-order valence-electron chi connectivity index (χ1n) is 23.8. The van der Waals surface area contributed by atoms with Crippen molar-refractivity contribution in [1.82, 2.24) is 19.9 Å². The normalized spacial score (nSPS) is 11.1. The van der Waals surface area contributed by atoms with Crippen LogP contribution in [0.15, 0.2) is 237 Å². The first-order valence-corrected chi connectivity index (χ1v) is 20.8. The minimum atomic E-state index is -2.09. The fraction of sp³-hybridized carbons (Fsp3) is 0.0667. The molecule has 4 aromatic heterocycles. The third-order valence-corrected chi connectivity index (χ3v) is 9.29. The third-order valence-electron chi connectivity index (χ3n) is 9.29. The maximum atomic E-state index is 7.23. The van der Waals surface area contributed by atoms with Crippen LogP contribution in [0.5, 0.6) is 0 Å². The zero-order chi connectivity index (χ0) is 51.6. The molecule has 0 saturated heterocycles. The van der Waals surface area contributed by atoms with Crippen molar-refractivity contribution in [3.05, 3.63) is 266 Å². The number of aromatic nitrogens is 4. The first-order chi connectivity index (χ1) is 35.0. The van der Waals surface area contributed by atoms with Gasteiger partial charge in [0.2, 0.25) is 0 Å². The van der Waals surface area contributed by atoms with Gasteiger partial charge in [0.15, 0.2) is 0 Å². The molecule has 6 aromatic carbocycles. The van der Waals surface area contributed by atoms with Crippen molar-refractivity contribution < 1.29 is 58.6 Å². The number of aryl methyl sites for hydroxylation is 2.